The first kappa shape index (κ1) is 13.0. The average molecular weight is 229 g/mol. The van der Waals surface area contributed by atoms with Crippen molar-refractivity contribution in [3.05, 3.63) is 29.3 Å². The number of hydrogen-bond donors (Lipinski definition) is 0. The van der Waals surface area contributed by atoms with Crippen LogP contribution >= 0.6 is 0 Å². The monoisotopic (exact) mass is 229 g/mol. The van der Waals surface area contributed by atoms with Gasteiger partial charge in [0.1, 0.15) is 11.8 Å². The van der Waals surface area contributed by atoms with Gasteiger partial charge >= 0.3 is 0 Å². The number of ether oxygens (including phenoxy) is 1. The van der Waals surface area contributed by atoms with E-state index in [1.54, 1.807) is 13.2 Å². The van der Waals surface area contributed by atoms with E-state index in [9.17, 15) is 0 Å². The van der Waals surface area contributed by atoms with Crippen LogP contribution in [0.3, 0.4) is 0 Å². The van der Waals surface area contributed by atoms with Crippen LogP contribution in [-0.2, 0) is 6.54 Å². The highest BCUT2D eigenvalue weighted by molar-refractivity contribution is 5.45. The van der Waals surface area contributed by atoms with E-state index < -0.39 is 0 Å². The molecular formula is C13H15N3O. The van der Waals surface area contributed by atoms with Crippen molar-refractivity contribution in [2.24, 2.45) is 0 Å². The highest BCUT2D eigenvalue weighted by atomic mass is 16.5. The molecule has 4 heteroatoms. The minimum absolute atomic E-state index is 0.518. The third-order valence-corrected chi connectivity index (χ3v) is 2.44. The number of hydrogen-bond acceptors (Lipinski definition) is 4. The molecule has 0 saturated carbocycles. The van der Waals surface area contributed by atoms with E-state index in [1.807, 2.05) is 19.2 Å². The van der Waals surface area contributed by atoms with Crippen molar-refractivity contribution in [3.63, 3.8) is 0 Å². The van der Waals surface area contributed by atoms with Crippen LogP contribution in [0, 0.1) is 22.7 Å². The number of methoxy groups -OCH3 is 1. The minimum atomic E-state index is 0.518. The molecular weight excluding hydrogens is 214 g/mol. The normalized spacial score (nSPS) is 9.71. The summed E-state index contributed by atoms with van der Waals surface area (Å²) in [4.78, 5) is 2.06. The van der Waals surface area contributed by atoms with Crippen LogP contribution in [0.1, 0.15) is 17.5 Å². The summed E-state index contributed by atoms with van der Waals surface area (Å²) in [7, 11) is 3.52. The van der Waals surface area contributed by atoms with E-state index in [0.29, 0.717) is 17.7 Å². The fraction of sp³-hybridized carbons (Fsp3) is 0.385. The molecule has 0 atom stereocenters. The Bertz CT molecular complexity index is 457. The highest BCUT2D eigenvalue weighted by Crippen LogP contribution is 2.19. The second-order valence-electron chi connectivity index (χ2n) is 3.79. The van der Waals surface area contributed by atoms with Crippen molar-refractivity contribution in [2.45, 2.75) is 13.0 Å². The van der Waals surface area contributed by atoms with Crippen LogP contribution in [0.5, 0.6) is 5.75 Å². The zero-order valence-electron chi connectivity index (χ0n) is 10.1. The summed E-state index contributed by atoms with van der Waals surface area (Å²) in [6.45, 7) is 1.47. The lowest BCUT2D eigenvalue weighted by Crippen LogP contribution is -2.18. The predicted molar refractivity (Wildman–Crippen MR) is 64.3 cm³/mol. The van der Waals surface area contributed by atoms with Gasteiger partial charge in [0, 0.05) is 19.5 Å². The largest absolute Gasteiger partial charge is 0.495 e. The first-order valence-electron chi connectivity index (χ1n) is 5.33. The Labute approximate surface area is 102 Å². The average Bonchev–Trinajstić information content (AvgIpc) is 2.36. The predicted octanol–water partition coefficient (Wildman–Crippen LogP) is 1.91. The van der Waals surface area contributed by atoms with Crippen molar-refractivity contribution in [2.75, 3.05) is 20.7 Å². The molecule has 17 heavy (non-hydrogen) atoms. The Hall–Kier alpha value is -2.04. The maximum absolute atomic E-state index is 8.86. The molecule has 1 aromatic carbocycles. The Balaban J connectivity index is 2.73. The van der Waals surface area contributed by atoms with Crippen LogP contribution in [0.4, 0.5) is 0 Å². The third kappa shape index (κ3) is 3.79. The van der Waals surface area contributed by atoms with Gasteiger partial charge in [-0.05, 0) is 24.7 Å². The summed E-state index contributed by atoms with van der Waals surface area (Å²) in [5.41, 5.74) is 1.61. The summed E-state index contributed by atoms with van der Waals surface area (Å²) in [5, 5.41) is 17.4. The maximum Gasteiger partial charge on any atom is 0.136 e. The molecule has 4 nitrogen and oxygen atoms in total. The maximum atomic E-state index is 8.86. The lowest BCUT2D eigenvalue weighted by molar-refractivity contribution is 0.333. The van der Waals surface area contributed by atoms with Gasteiger partial charge in [-0.1, -0.05) is 6.07 Å². The number of nitriles is 2. The fourth-order valence-electron chi connectivity index (χ4n) is 1.56. The minimum Gasteiger partial charge on any atom is -0.495 e. The molecule has 1 aromatic rings. The zero-order valence-corrected chi connectivity index (χ0v) is 10.1. The van der Waals surface area contributed by atoms with Gasteiger partial charge in [-0.2, -0.15) is 10.5 Å². The quantitative estimate of drug-likeness (QED) is 0.773. The first-order chi connectivity index (χ1) is 8.21. The Morgan fingerprint density at radius 1 is 1.35 bits per heavy atom. The summed E-state index contributed by atoms with van der Waals surface area (Å²) >= 11 is 0. The molecule has 0 N–H and O–H groups in total. The second-order valence-corrected chi connectivity index (χ2v) is 3.79. The molecule has 0 unspecified atom stereocenters. The van der Waals surface area contributed by atoms with Crippen LogP contribution in [0.15, 0.2) is 18.2 Å². The van der Waals surface area contributed by atoms with Crippen LogP contribution in [0.25, 0.3) is 0 Å². The molecule has 0 aliphatic carbocycles. The molecule has 88 valence electrons. The van der Waals surface area contributed by atoms with Crippen LogP contribution < -0.4 is 4.74 Å². The van der Waals surface area contributed by atoms with E-state index >= 15 is 0 Å². The van der Waals surface area contributed by atoms with E-state index in [-0.39, 0.29) is 0 Å². The highest BCUT2D eigenvalue weighted by Gasteiger charge is 2.05. The van der Waals surface area contributed by atoms with Crippen molar-refractivity contribution in [1.82, 2.24) is 4.90 Å². The van der Waals surface area contributed by atoms with Gasteiger partial charge < -0.3 is 9.64 Å². The van der Waals surface area contributed by atoms with Gasteiger partial charge in [0.25, 0.3) is 0 Å². The second kappa shape index (κ2) is 6.52. The Morgan fingerprint density at radius 3 is 2.71 bits per heavy atom. The summed E-state index contributed by atoms with van der Waals surface area (Å²) < 4.78 is 5.15. The molecule has 0 aromatic heterocycles. The molecule has 0 heterocycles. The van der Waals surface area contributed by atoms with E-state index in [2.05, 4.69) is 17.0 Å². The molecule has 1 rings (SSSR count). The standard InChI is InChI=1S/C13H15N3O/c1-16(7-3-6-14)10-11-4-5-12(9-15)13(8-11)17-2/h4-5,8H,3,7,10H2,1-2H3. The molecule has 0 amide bonds. The molecule has 0 radical (unpaired) electrons. The molecule has 0 bridgehead atoms. The van der Waals surface area contributed by atoms with Gasteiger partial charge in [0.15, 0.2) is 0 Å². The van der Waals surface area contributed by atoms with Crippen molar-refractivity contribution in [1.29, 1.82) is 10.5 Å². The zero-order chi connectivity index (χ0) is 12.7. The lowest BCUT2D eigenvalue weighted by atomic mass is 10.1. The van der Waals surface area contributed by atoms with Crippen LogP contribution in [-0.4, -0.2) is 25.6 Å². The number of benzene rings is 1. The molecule has 0 spiro atoms. The Kier molecular flexibility index (Phi) is 5.00. The van der Waals surface area contributed by atoms with Gasteiger partial charge in [-0.25, -0.2) is 0 Å². The molecule has 0 aliphatic rings. The van der Waals surface area contributed by atoms with E-state index in [0.717, 1.165) is 18.7 Å². The summed E-state index contributed by atoms with van der Waals surface area (Å²) in [5.74, 6) is 0.596. The van der Waals surface area contributed by atoms with E-state index in [4.69, 9.17) is 15.3 Å². The molecule has 0 saturated heterocycles. The van der Waals surface area contributed by atoms with Crippen LogP contribution in [0.2, 0.25) is 0 Å². The van der Waals surface area contributed by atoms with Crippen molar-refractivity contribution < 1.29 is 4.74 Å². The van der Waals surface area contributed by atoms with Crippen molar-refractivity contribution >= 4 is 0 Å². The SMILES string of the molecule is COc1cc(CN(C)CCC#N)ccc1C#N. The van der Waals surface area contributed by atoms with Gasteiger partial charge in [-0.15, -0.1) is 0 Å². The molecule has 0 fully saturated rings. The fourth-order valence-corrected chi connectivity index (χ4v) is 1.56. The third-order valence-electron chi connectivity index (χ3n) is 2.44. The Morgan fingerprint density at radius 2 is 2.12 bits per heavy atom. The summed E-state index contributed by atoms with van der Waals surface area (Å²) in [6, 6.07) is 9.72. The first-order valence-corrected chi connectivity index (χ1v) is 5.33. The van der Waals surface area contributed by atoms with Gasteiger partial charge in [-0.3, -0.25) is 0 Å². The van der Waals surface area contributed by atoms with Gasteiger partial charge in [0.2, 0.25) is 0 Å². The van der Waals surface area contributed by atoms with E-state index in [1.165, 1.54) is 0 Å². The number of nitrogens with zero attached hydrogens (tertiary/aromatic N) is 3. The number of rotatable bonds is 5. The van der Waals surface area contributed by atoms with Gasteiger partial charge in [0.05, 0.1) is 18.7 Å². The summed E-state index contributed by atoms with van der Waals surface area (Å²) in [6.07, 6.45) is 0.518. The lowest BCUT2D eigenvalue weighted by Gasteiger charge is -2.15. The smallest absolute Gasteiger partial charge is 0.136 e. The van der Waals surface area contributed by atoms with Crippen molar-refractivity contribution in [3.8, 4) is 17.9 Å². The topological polar surface area (TPSA) is 60.0 Å². The molecule has 0 aliphatic heterocycles.